The third-order valence-corrected chi connectivity index (χ3v) is 4.42. The Labute approximate surface area is 151 Å². The standard InChI is InChI=1S/C24H25N/c1-20(17-18-21-11-5-2-6-12-21)19-25-24(22-13-7-3-8-14-22)23-15-9-4-10-16-23/h2-16,20H,17-19H2,1H3/i25+1. The molecule has 0 saturated heterocycles. The van der Waals surface area contributed by atoms with E-state index in [0.717, 1.165) is 25.1 Å². The largest absolute Gasteiger partial charge is 0.284 e. The van der Waals surface area contributed by atoms with Gasteiger partial charge in [0, 0.05) is 17.7 Å². The summed E-state index contributed by atoms with van der Waals surface area (Å²) in [5.74, 6) is 0.558. The van der Waals surface area contributed by atoms with Crippen LogP contribution in [0.5, 0.6) is 0 Å². The summed E-state index contributed by atoms with van der Waals surface area (Å²) in [6, 6.07) is 31.7. The first-order valence-electron chi connectivity index (χ1n) is 9.02. The van der Waals surface area contributed by atoms with E-state index < -0.39 is 0 Å². The Kier molecular flexibility index (Phi) is 6.17. The van der Waals surface area contributed by atoms with Gasteiger partial charge < -0.3 is 0 Å². The monoisotopic (exact) mass is 328 g/mol. The van der Waals surface area contributed by atoms with Crippen molar-refractivity contribution in [3.05, 3.63) is 108 Å². The van der Waals surface area contributed by atoms with Gasteiger partial charge >= 0.3 is 0 Å². The summed E-state index contributed by atoms with van der Waals surface area (Å²) in [5, 5.41) is 0. The second kappa shape index (κ2) is 8.98. The van der Waals surface area contributed by atoms with Crippen molar-refractivity contribution in [2.24, 2.45) is 10.9 Å². The van der Waals surface area contributed by atoms with Crippen LogP contribution in [0.2, 0.25) is 0 Å². The molecule has 1 heteroatoms. The van der Waals surface area contributed by atoms with Crippen molar-refractivity contribution in [1.29, 1.82) is 0 Å². The zero-order chi connectivity index (χ0) is 17.3. The van der Waals surface area contributed by atoms with Crippen molar-refractivity contribution < 1.29 is 0 Å². The van der Waals surface area contributed by atoms with E-state index >= 15 is 0 Å². The van der Waals surface area contributed by atoms with Gasteiger partial charge in [0.2, 0.25) is 0 Å². The molecule has 1 atom stereocenters. The molecule has 0 spiro atoms. The molecule has 0 aliphatic carbocycles. The molecule has 0 amide bonds. The summed E-state index contributed by atoms with van der Waals surface area (Å²) in [6.45, 7) is 3.14. The molecule has 0 heterocycles. The Balaban J connectivity index is 1.70. The fraction of sp³-hybridized carbons (Fsp3) is 0.208. The van der Waals surface area contributed by atoms with Crippen LogP contribution >= 0.6 is 0 Å². The van der Waals surface area contributed by atoms with Gasteiger partial charge in [-0.05, 0) is 24.3 Å². The molecule has 25 heavy (non-hydrogen) atoms. The van der Waals surface area contributed by atoms with E-state index in [1.807, 2.05) is 0 Å². The summed E-state index contributed by atoms with van der Waals surface area (Å²) in [4.78, 5) is 4.99. The fourth-order valence-electron chi connectivity index (χ4n) is 2.94. The lowest BCUT2D eigenvalue weighted by atomic mass is 10.0. The van der Waals surface area contributed by atoms with Crippen LogP contribution in [-0.2, 0) is 6.42 Å². The predicted molar refractivity (Wildman–Crippen MR) is 107 cm³/mol. The van der Waals surface area contributed by atoms with Crippen molar-refractivity contribution in [3.8, 4) is 0 Å². The highest BCUT2D eigenvalue weighted by Gasteiger charge is 2.08. The summed E-state index contributed by atoms with van der Waals surface area (Å²) in [7, 11) is 0. The molecular formula is C24H25N. The van der Waals surface area contributed by atoms with Crippen LogP contribution in [0.25, 0.3) is 0 Å². The third kappa shape index (κ3) is 5.15. The molecular weight excluding hydrogens is 303 g/mol. The van der Waals surface area contributed by atoms with E-state index in [-0.39, 0.29) is 0 Å². The summed E-state index contributed by atoms with van der Waals surface area (Å²) in [5.41, 5.74) is 4.87. The average Bonchev–Trinajstić information content (AvgIpc) is 2.69. The molecule has 1 nitrogen and oxygen atoms in total. The highest BCUT2D eigenvalue weighted by Crippen LogP contribution is 2.14. The quantitative estimate of drug-likeness (QED) is 0.384. The zero-order valence-electron chi connectivity index (χ0n) is 14.8. The van der Waals surface area contributed by atoms with Crippen molar-refractivity contribution in [1.82, 2.24) is 0 Å². The summed E-state index contributed by atoms with van der Waals surface area (Å²) < 4.78 is 0. The minimum atomic E-state index is 0.558. The lowest BCUT2D eigenvalue weighted by Gasteiger charge is -2.12. The van der Waals surface area contributed by atoms with Gasteiger partial charge in [-0.15, -0.1) is 0 Å². The van der Waals surface area contributed by atoms with Crippen molar-refractivity contribution in [2.45, 2.75) is 19.8 Å². The first-order valence-corrected chi connectivity index (χ1v) is 9.02. The van der Waals surface area contributed by atoms with Crippen molar-refractivity contribution in [2.75, 3.05) is 6.54 Å². The summed E-state index contributed by atoms with van der Waals surface area (Å²) in [6.07, 6.45) is 2.27. The van der Waals surface area contributed by atoms with Crippen molar-refractivity contribution in [3.63, 3.8) is 0 Å². The topological polar surface area (TPSA) is 12.4 Å². The van der Waals surface area contributed by atoms with Crippen molar-refractivity contribution >= 4 is 5.71 Å². The Morgan fingerprint density at radius 2 is 1.20 bits per heavy atom. The smallest absolute Gasteiger partial charge is 0.0719 e. The second-order valence-electron chi connectivity index (χ2n) is 6.55. The Morgan fingerprint density at radius 1 is 0.720 bits per heavy atom. The normalized spacial score (nSPS) is 11.7. The van der Waals surface area contributed by atoms with Crippen LogP contribution in [0.3, 0.4) is 0 Å². The van der Waals surface area contributed by atoms with Gasteiger partial charge in [0.25, 0.3) is 0 Å². The summed E-state index contributed by atoms with van der Waals surface area (Å²) >= 11 is 0. The van der Waals surface area contributed by atoms with E-state index in [0.29, 0.717) is 5.92 Å². The van der Waals surface area contributed by atoms with Crippen LogP contribution < -0.4 is 0 Å². The highest BCUT2D eigenvalue weighted by atomic mass is 15.5. The molecule has 1 unspecified atom stereocenters. The van der Waals surface area contributed by atoms with E-state index in [1.165, 1.54) is 16.7 Å². The molecule has 0 fully saturated rings. The third-order valence-electron chi connectivity index (χ3n) is 4.42. The van der Waals surface area contributed by atoms with Crippen LogP contribution in [-0.4, -0.2) is 12.3 Å². The van der Waals surface area contributed by atoms with Gasteiger partial charge in [0.15, 0.2) is 0 Å². The SMILES string of the molecule is CC(CCc1ccccc1)C[15N]=C(c1ccccc1)c1ccccc1. The Hall–Kier alpha value is -2.67. The molecule has 3 aromatic carbocycles. The van der Waals surface area contributed by atoms with E-state index in [9.17, 15) is 0 Å². The number of benzene rings is 3. The molecule has 0 aliphatic heterocycles. The zero-order valence-corrected chi connectivity index (χ0v) is 14.8. The number of aryl methyl sites for hydroxylation is 1. The minimum absolute atomic E-state index is 0.558. The average molecular weight is 328 g/mol. The van der Waals surface area contributed by atoms with Gasteiger partial charge in [-0.25, -0.2) is 0 Å². The molecule has 0 radical (unpaired) electrons. The van der Waals surface area contributed by atoms with E-state index in [1.54, 1.807) is 0 Å². The second-order valence-corrected chi connectivity index (χ2v) is 6.55. The molecule has 3 rings (SSSR count). The number of nitrogens with zero attached hydrogens (tertiary/aromatic N) is 1. The molecule has 0 aromatic heterocycles. The fourth-order valence-corrected chi connectivity index (χ4v) is 2.94. The van der Waals surface area contributed by atoms with Gasteiger partial charge in [0.1, 0.15) is 0 Å². The number of hydrogen-bond acceptors (Lipinski definition) is 1. The highest BCUT2D eigenvalue weighted by molar-refractivity contribution is 6.12. The van der Waals surface area contributed by atoms with Gasteiger partial charge in [-0.1, -0.05) is 97.9 Å². The maximum Gasteiger partial charge on any atom is 0.0719 e. The van der Waals surface area contributed by atoms with Gasteiger partial charge in [0.05, 0.1) is 5.71 Å². The molecule has 0 aliphatic rings. The predicted octanol–water partition coefficient (Wildman–Crippen LogP) is 5.79. The molecule has 0 N–H and O–H groups in total. The maximum absolute atomic E-state index is 4.99. The van der Waals surface area contributed by atoms with Gasteiger partial charge in [-0.2, -0.15) is 0 Å². The first kappa shape index (κ1) is 17.2. The molecule has 0 saturated carbocycles. The number of hydrogen-bond donors (Lipinski definition) is 0. The van der Waals surface area contributed by atoms with E-state index in [4.69, 9.17) is 4.99 Å². The lowest BCUT2D eigenvalue weighted by molar-refractivity contribution is 0.546. The Bertz CT molecular complexity index is 735. The lowest BCUT2D eigenvalue weighted by Crippen LogP contribution is -2.08. The molecule has 3 aromatic rings. The van der Waals surface area contributed by atoms with Crippen LogP contribution in [0.4, 0.5) is 0 Å². The van der Waals surface area contributed by atoms with Crippen LogP contribution in [0, 0.1) is 5.92 Å². The number of rotatable bonds is 7. The minimum Gasteiger partial charge on any atom is -0.284 e. The number of aliphatic imine (C=N–C) groups is 1. The van der Waals surface area contributed by atoms with E-state index in [2.05, 4.69) is 97.9 Å². The van der Waals surface area contributed by atoms with Crippen LogP contribution in [0.15, 0.2) is 96.0 Å². The first-order chi connectivity index (χ1) is 12.3. The molecule has 0 bridgehead atoms. The van der Waals surface area contributed by atoms with Crippen LogP contribution in [0.1, 0.15) is 30.0 Å². The van der Waals surface area contributed by atoms with Gasteiger partial charge in [-0.3, -0.25) is 4.99 Å². The Morgan fingerprint density at radius 3 is 1.72 bits per heavy atom. The maximum atomic E-state index is 4.99. The molecule has 126 valence electrons.